The molecule has 1 fully saturated rings. The SMILES string of the molecule is CC.CCC(N)C1(O)CN(C(=O)c2ccc(F)c(F)c2Nc2ccc(C)cc2F)C1. The van der Waals surface area contributed by atoms with Gasteiger partial charge in [-0.3, -0.25) is 4.79 Å². The third-order valence-electron chi connectivity index (χ3n) is 5.06. The van der Waals surface area contributed by atoms with E-state index in [4.69, 9.17) is 5.73 Å². The summed E-state index contributed by atoms with van der Waals surface area (Å²) in [7, 11) is 0. The summed E-state index contributed by atoms with van der Waals surface area (Å²) >= 11 is 0. The smallest absolute Gasteiger partial charge is 0.256 e. The van der Waals surface area contributed by atoms with Crippen molar-refractivity contribution in [2.24, 2.45) is 5.73 Å². The number of nitrogens with one attached hydrogen (secondary N) is 1. The van der Waals surface area contributed by atoms with E-state index in [1.807, 2.05) is 20.8 Å². The number of aryl methyl sites for hydroxylation is 1. The molecule has 0 bridgehead atoms. The molecule has 0 aliphatic carbocycles. The molecule has 2 aromatic rings. The zero-order chi connectivity index (χ0) is 22.6. The number of nitrogens with two attached hydrogens (primary N) is 1. The molecule has 0 spiro atoms. The topological polar surface area (TPSA) is 78.6 Å². The Kier molecular flexibility index (Phi) is 7.49. The van der Waals surface area contributed by atoms with Gasteiger partial charge < -0.3 is 21.1 Å². The predicted molar refractivity (Wildman–Crippen MR) is 111 cm³/mol. The first kappa shape index (κ1) is 23.7. The van der Waals surface area contributed by atoms with Crippen LogP contribution in [-0.4, -0.2) is 40.6 Å². The summed E-state index contributed by atoms with van der Waals surface area (Å²) in [6.07, 6.45) is 0.531. The van der Waals surface area contributed by atoms with Gasteiger partial charge in [-0.1, -0.05) is 26.8 Å². The summed E-state index contributed by atoms with van der Waals surface area (Å²) in [6, 6.07) is 5.69. The normalized spacial score (nSPS) is 15.6. The van der Waals surface area contributed by atoms with Gasteiger partial charge in [0.05, 0.1) is 30.0 Å². The summed E-state index contributed by atoms with van der Waals surface area (Å²) < 4.78 is 42.4. The average molecular weight is 423 g/mol. The maximum atomic E-state index is 14.4. The van der Waals surface area contributed by atoms with Crippen molar-refractivity contribution in [1.82, 2.24) is 4.90 Å². The first-order valence-electron chi connectivity index (χ1n) is 9.94. The number of carbonyl (C=O) groups excluding carboxylic acids is 1. The Labute approximate surface area is 174 Å². The van der Waals surface area contributed by atoms with E-state index in [2.05, 4.69) is 5.32 Å². The zero-order valence-electron chi connectivity index (χ0n) is 17.6. The lowest BCUT2D eigenvalue weighted by atomic mass is 9.84. The van der Waals surface area contributed by atoms with Gasteiger partial charge in [0, 0.05) is 6.04 Å². The number of benzene rings is 2. The van der Waals surface area contributed by atoms with Gasteiger partial charge in [0.1, 0.15) is 11.4 Å². The highest BCUT2D eigenvalue weighted by molar-refractivity contribution is 6.01. The Hall–Kier alpha value is -2.58. The van der Waals surface area contributed by atoms with Crippen molar-refractivity contribution >= 4 is 17.3 Å². The van der Waals surface area contributed by atoms with Gasteiger partial charge in [0.25, 0.3) is 5.91 Å². The van der Waals surface area contributed by atoms with Crippen LogP contribution < -0.4 is 11.1 Å². The second kappa shape index (κ2) is 9.49. The fraction of sp³-hybridized carbons (Fsp3) is 0.409. The van der Waals surface area contributed by atoms with E-state index in [0.29, 0.717) is 12.0 Å². The van der Waals surface area contributed by atoms with E-state index in [1.165, 1.54) is 17.0 Å². The minimum atomic E-state index is -1.29. The average Bonchev–Trinajstić information content (AvgIpc) is 2.71. The van der Waals surface area contributed by atoms with Gasteiger partial charge in [-0.05, 0) is 43.2 Å². The lowest BCUT2D eigenvalue weighted by molar-refractivity contribution is -0.0971. The molecule has 4 N–H and O–H groups in total. The van der Waals surface area contributed by atoms with Gasteiger partial charge in [-0.25, -0.2) is 13.2 Å². The number of hydrogen-bond donors (Lipinski definition) is 3. The molecular formula is C22H28F3N3O2. The van der Waals surface area contributed by atoms with Gasteiger partial charge in [-0.2, -0.15) is 0 Å². The van der Waals surface area contributed by atoms with Crippen LogP contribution in [0.1, 0.15) is 43.1 Å². The van der Waals surface area contributed by atoms with E-state index in [9.17, 15) is 23.1 Å². The lowest BCUT2D eigenvalue weighted by Crippen LogP contribution is -2.70. The third kappa shape index (κ3) is 4.60. The lowest BCUT2D eigenvalue weighted by Gasteiger charge is -2.49. The van der Waals surface area contributed by atoms with Crippen LogP contribution in [0.5, 0.6) is 0 Å². The fourth-order valence-corrected chi connectivity index (χ4v) is 3.25. The molecule has 1 unspecified atom stereocenters. The van der Waals surface area contributed by atoms with Crippen LogP contribution in [0.3, 0.4) is 0 Å². The second-order valence-electron chi connectivity index (χ2n) is 7.17. The van der Waals surface area contributed by atoms with Gasteiger partial charge in [0.15, 0.2) is 11.6 Å². The number of anilines is 2. The number of amides is 1. The highest BCUT2D eigenvalue weighted by Gasteiger charge is 2.47. The van der Waals surface area contributed by atoms with Crippen LogP contribution in [0.4, 0.5) is 24.5 Å². The molecule has 3 rings (SSSR count). The molecule has 1 saturated heterocycles. The van der Waals surface area contributed by atoms with E-state index in [1.54, 1.807) is 13.0 Å². The molecule has 164 valence electrons. The molecule has 1 aliphatic heterocycles. The van der Waals surface area contributed by atoms with Crippen LogP contribution in [0.2, 0.25) is 0 Å². The predicted octanol–water partition coefficient (Wildman–Crippen LogP) is 4.11. The van der Waals surface area contributed by atoms with E-state index in [-0.39, 0.29) is 24.3 Å². The molecule has 30 heavy (non-hydrogen) atoms. The number of aliphatic hydroxyl groups is 1. The van der Waals surface area contributed by atoms with E-state index >= 15 is 0 Å². The maximum absolute atomic E-state index is 14.4. The number of carbonyl (C=O) groups is 1. The second-order valence-corrected chi connectivity index (χ2v) is 7.17. The largest absolute Gasteiger partial charge is 0.385 e. The standard InChI is InChI=1S/C20H22F3N3O2.C2H6/c1-3-16(24)20(28)9-26(10-20)19(27)12-5-6-13(21)17(23)18(12)25-15-7-4-11(2)8-14(15)22;1-2/h4-8,16,25,28H,3,9-10,24H2,1-2H3;1-2H3. The Morgan fingerprint density at radius 2 is 1.83 bits per heavy atom. The molecule has 1 aliphatic rings. The van der Waals surface area contributed by atoms with Crippen LogP contribution in [0, 0.1) is 24.4 Å². The van der Waals surface area contributed by atoms with Crippen molar-refractivity contribution in [2.45, 2.75) is 45.8 Å². The molecule has 2 aromatic carbocycles. The number of halogens is 3. The molecule has 0 saturated carbocycles. The number of rotatable bonds is 5. The summed E-state index contributed by atoms with van der Waals surface area (Å²) in [4.78, 5) is 14.1. The first-order chi connectivity index (χ1) is 14.2. The van der Waals surface area contributed by atoms with Crippen molar-refractivity contribution < 1.29 is 23.1 Å². The Morgan fingerprint density at radius 3 is 2.40 bits per heavy atom. The highest BCUT2D eigenvalue weighted by Crippen LogP contribution is 2.32. The number of nitrogens with zero attached hydrogens (tertiary/aromatic N) is 1. The Bertz CT molecular complexity index is 915. The van der Waals surface area contributed by atoms with Crippen molar-refractivity contribution in [1.29, 1.82) is 0 Å². The quantitative estimate of drug-likeness (QED) is 0.676. The number of β-amino-alcohol motifs (C(OH)–C–C–N with tert-alkyl or cyclic N) is 1. The van der Waals surface area contributed by atoms with Crippen molar-refractivity contribution in [3.8, 4) is 0 Å². The molecule has 0 radical (unpaired) electrons. The van der Waals surface area contributed by atoms with E-state index in [0.717, 1.165) is 12.1 Å². The minimum absolute atomic E-state index is 0.0157. The summed E-state index contributed by atoms with van der Waals surface area (Å²) in [5.41, 5.74) is 4.61. The van der Waals surface area contributed by atoms with Crippen LogP contribution in [0.15, 0.2) is 30.3 Å². The summed E-state index contributed by atoms with van der Waals surface area (Å²) in [5, 5.41) is 12.9. The molecule has 1 atom stereocenters. The first-order valence-corrected chi connectivity index (χ1v) is 9.94. The molecule has 8 heteroatoms. The Balaban J connectivity index is 0.00000155. The number of hydrogen-bond acceptors (Lipinski definition) is 4. The zero-order valence-corrected chi connectivity index (χ0v) is 17.6. The monoisotopic (exact) mass is 423 g/mol. The molecular weight excluding hydrogens is 395 g/mol. The van der Waals surface area contributed by atoms with Crippen LogP contribution >= 0.6 is 0 Å². The van der Waals surface area contributed by atoms with Gasteiger partial charge in [-0.15, -0.1) is 0 Å². The fourth-order valence-electron chi connectivity index (χ4n) is 3.25. The van der Waals surface area contributed by atoms with Crippen LogP contribution in [0.25, 0.3) is 0 Å². The molecule has 1 heterocycles. The maximum Gasteiger partial charge on any atom is 0.256 e. The molecule has 1 amide bonds. The molecule has 0 aromatic heterocycles. The highest BCUT2D eigenvalue weighted by atomic mass is 19.2. The van der Waals surface area contributed by atoms with E-state index < -0.39 is 40.7 Å². The van der Waals surface area contributed by atoms with Crippen molar-refractivity contribution in [2.75, 3.05) is 18.4 Å². The third-order valence-corrected chi connectivity index (χ3v) is 5.06. The van der Waals surface area contributed by atoms with Gasteiger partial charge in [0.2, 0.25) is 0 Å². The van der Waals surface area contributed by atoms with Crippen molar-refractivity contribution in [3.63, 3.8) is 0 Å². The number of likely N-dealkylation sites (tertiary alicyclic amines) is 1. The Morgan fingerprint density at radius 1 is 1.20 bits per heavy atom. The summed E-state index contributed by atoms with van der Waals surface area (Å²) in [6.45, 7) is 7.48. The molecule has 5 nitrogen and oxygen atoms in total. The van der Waals surface area contributed by atoms with Gasteiger partial charge >= 0.3 is 0 Å². The van der Waals surface area contributed by atoms with Crippen LogP contribution in [-0.2, 0) is 0 Å². The summed E-state index contributed by atoms with van der Waals surface area (Å²) in [5.74, 6) is -3.72. The minimum Gasteiger partial charge on any atom is -0.385 e. The van der Waals surface area contributed by atoms with Crippen molar-refractivity contribution in [3.05, 3.63) is 58.9 Å².